The molecule has 1 aromatic rings. The lowest BCUT2D eigenvalue weighted by Crippen LogP contribution is -2.39. The zero-order chi connectivity index (χ0) is 11.0. The van der Waals surface area contributed by atoms with E-state index in [-0.39, 0.29) is 24.2 Å². The average molecular weight is 208 g/mol. The van der Waals surface area contributed by atoms with Gasteiger partial charge in [-0.2, -0.15) is 0 Å². The van der Waals surface area contributed by atoms with E-state index in [4.69, 9.17) is 5.73 Å². The molecule has 1 heterocycles. The Morgan fingerprint density at radius 2 is 2.40 bits per heavy atom. The summed E-state index contributed by atoms with van der Waals surface area (Å²) in [5.74, 6) is -0.324. The molecule has 0 fully saturated rings. The van der Waals surface area contributed by atoms with Gasteiger partial charge in [0.25, 0.3) is 0 Å². The third kappa shape index (κ3) is 1.51. The molecule has 1 unspecified atom stereocenters. The summed E-state index contributed by atoms with van der Waals surface area (Å²) in [5.41, 5.74) is 6.73. The minimum atomic E-state index is -0.304. The van der Waals surface area contributed by atoms with Crippen molar-refractivity contribution in [3.63, 3.8) is 0 Å². The van der Waals surface area contributed by atoms with Gasteiger partial charge in [-0.3, -0.25) is 4.79 Å². The van der Waals surface area contributed by atoms with Crippen LogP contribution in [0.2, 0.25) is 0 Å². The van der Waals surface area contributed by atoms with Crippen LogP contribution >= 0.6 is 0 Å². The van der Waals surface area contributed by atoms with Gasteiger partial charge in [0.15, 0.2) is 5.78 Å². The highest BCUT2D eigenvalue weighted by Crippen LogP contribution is 2.33. The minimum absolute atomic E-state index is 0.00458. The van der Waals surface area contributed by atoms with Crippen LogP contribution in [-0.4, -0.2) is 25.4 Å². The zero-order valence-electron chi connectivity index (χ0n) is 8.53. The molecule has 0 saturated heterocycles. The molecule has 1 atom stereocenters. The second kappa shape index (κ2) is 3.62. The van der Waals surface area contributed by atoms with Crippen LogP contribution in [0.25, 0.3) is 0 Å². The largest absolute Gasteiger partial charge is 0.362 e. The first-order valence-electron chi connectivity index (χ1n) is 4.88. The maximum absolute atomic E-state index is 13.5. The van der Waals surface area contributed by atoms with Crippen molar-refractivity contribution in [2.75, 3.05) is 18.5 Å². The number of nitrogens with zero attached hydrogens (tertiary/aromatic N) is 1. The molecule has 2 N–H and O–H groups in total. The van der Waals surface area contributed by atoms with Crippen molar-refractivity contribution in [1.82, 2.24) is 0 Å². The first-order chi connectivity index (χ1) is 7.15. The predicted molar refractivity (Wildman–Crippen MR) is 56.4 cm³/mol. The van der Waals surface area contributed by atoms with Crippen molar-refractivity contribution < 1.29 is 9.18 Å². The normalized spacial score (nSPS) is 19.1. The molecule has 0 amide bonds. The Morgan fingerprint density at radius 3 is 3.00 bits per heavy atom. The molecule has 0 aliphatic carbocycles. The number of carbonyl (C=O) groups excluding carboxylic acids is 1. The molecule has 1 aliphatic heterocycles. The summed E-state index contributed by atoms with van der Waals surface area (Å²) in [6, 6.07) is 4.61. The molecule has 0 aromatic heterocycles. The van der Waals surface area contributed by atoms with Crippen molar-refractivity contribution in [3.05, 3.63) is 29.6 Å². The summed E-state index contributed by atoms with van der Waals surface area (Å²) < 4.78 is 13.5. The summed E-state index contributed by atoms with van der Waals surface area (Å²) in [6.45, 7) is 0.00458. The van der Waals surface area contributed by atoms with Gasteiger partial charge >= 0.3 is 0 Å². The number of anilines is 1. The smallest absolute Gasteiger partial charge is 0.169 e. The fraction of sp³-hybridized carbons (Fsp3) is 0.364. The maximum Gasteiger partial charge on any atom is 0.169 e. The van der Waals surface area contributed by atoms with Gasteiger partial charge in [-0.25, -0.2) is 4.39 Å². The number of ketones is 1. The number of hydrogen-bond donors (Lipinski definition) is 1. The van der Waals surface area contributed by atoms with Crippen LogP contribution in [0.3, 0.4) is 0 Å². The Hall–Kier alpha value is -1.42. The molecule has 15 heavy (non-hydrogen) atoms. The van der Waals surface area contributed by atoms with E-state index in [0.717, 1.165) is 5.56 Å². The van der Waals surface area contributed by atoms with E-state index in [2.05, 4.69) is 0 Å². The standard InChI is InChI=1S/C11H13FN2O/c1-14-9(10(15)6-13)5-7-3-2-4-8(12)11(7)14/h2-4,9H,5-6,13H2,1H3. The van der Waals surface area contributed by atoms with Crippen LogP contribution in [0.5, 0.6) is 0 Å². The summed E-state index contributed by atoms with van der Waals surface area (Å²) in [7, 11) is 1.73. The first kappa shape index (κ1) is 10.1. The second-order valence-electron chi connectivity index (χ2n) is 3.75. The monoisotopic (exact) mass is 208 g/mol. The van der Waals surface area contributed by atoms with Crippen LogP contribution in [-0.2, 0) is 11.2 Å². The molecule has 3 nitrogen and oxygen atoms in total. The molecule has 4 heteroatoms. The lowest BCUT2D eigenvalue weighted by molar-refractivity contribution is -0.118. The SMILES string of the molecule is CN1c2c(F)cccc2CC1C(=O)CN. The fourth-order valence-electron chi connectivity index (χ4n) is 2.09. The summed E-state index contributed by atoms with van der Waals surface area (Å²) in [5, 5.41) is 0. The number of nitrogens with two attached hydrogens (primary N) is 1. The molecule has 0 bridgehead atoms. The summed E-state index contributed by atoms with van der Waals surface area (Å²) in [4.78, 5) is 13.2. The number of rotatable bonds is 2. The molecule has 0 spiro atoms. The molecule has 1 aliphatic rings. The van der Waals surface area contributed by atoms with E-state index < -0.39 is 0 Å². The molecular formula is C11H13FN2O. The molecule has 1 aromatic carbocycles. The van der Waals surface area contributed by atoms with E-state index in [9.17, 15) is 9.18 Å². The van der Waals surface area contributed by atoms with Crippen LogP contribution in [0.1, 0.15) is 5.56 Å². The highest BCUT2D eigenvalue weighted by molar-refractivity contribution is 5.91. The van der Waals surface area contributed by atoms with E-state index in [1.54, 1.807) is 18.0 Å². The summed E-state index contributed by atoms with van der Waals surface area (Å²) >= 11 is 0. The molecule has 0 saturated carbocycles. The average Bonchev–Trinajstić information content (AvgIpc) is 2.56. The van der Waals surface area contributed by atoms with Crippen molar-refractivity contribution in [2.24, 2.45) is 5.73 Å². The number of likely N-dealkylation sites (N-methyl/N-ethyl adjacent to an activating group) is 1. The Kier molecular flexibility index (Phi) is 2.44. The van der Waals surface area contributed by atoms with E-state index in [1.807, 2.05) is 6.07 Å². The maximum atomic E-state index is 13.5. The molecule has 2 rings (SSSR count). The molecule has 80 valence electrons. The van der Waals surface area contributed by atoms with Gasteiger partial charge in [0.1, 0.15) is 5.82 Å². The van der Waals surface area contributed by atoms with E-state index in [1.165, 1.54) is 6.07 Å². The van der Waals surface area contributed by atoms with Gasteiger partial charge in [-0.15, -0.1) is 0 Å². The van der Waals surface area contributed by atoms with Crippen molar-refractivity contribution in [2.45, 2.75) is 12.5 Å². The Labute approximate surface area is 87.7 Å². The third-order valence-electron chi connectivity index (χ3n) is 2.88. The third-order valence-corrected chi connectivity index (χ3v) is 2.88. The van der Waals surface area contributed by atoms with Gasteiger partial charge in [0.05, 0.1) is 18.3 Å². The van der Waals surface area contributed by atoms with Crippen LogP contribution in [0.4, 0.5) is 10.1 Å². The van der Waals surface area contributed by atoms with Gasteiger partial charge in [0, 0.05) is 13.5 Å². The van der Waals surface area contributed by atoms with Gasteiger partial charge < -0.3 is 10.6 Å². The van der Waals surface area contributed by atoms with Crippen LogP contribution in [0.15, 0.2) is 18.2 Å². The highest BCUT2D eigenvalue weighted by Gasteiger charge is 2.32. The van der Waals surface area contributed by atoms with Crippen molar-refractivity contribution in [3.8, 4) is 0 Å². The number of carbonyl (C=O) groups is 1. The number of hydrogen-bond acceptors (Lipinski definition) is 3. The van der Waals surface area contributed by atoms with Crippen LogP contribution in [0, 0.1) is 5.82 Å². The predicted octanol–water partition coefficient (Wildman–Crippen LogP) is 0.714. The van der Waals surface area contributed by atoms with Crippen molar-refractivity contribution >= 4 is 11.5 Å². The number of Topliss-reactive ketones (excluding diaryl/α,β-unsaturated/α-hetero) is 1. The lowest BCUT2D eigenvalue weighted by atomic mass is 10.1. The summed E-state index contributed by atoms with van der Waals surface area (Å²) in [6.07, 6.45) is 0.555. The Bertz CT molecular complexity index is 406. The first-order valence-corrected chi connectivity index (χ1v) is 4.88. The highest BCUT2D eigenvalue weighted by atomic mass is 19.1. The Morgan fingerprint density at radius 1 is 1.67 bits per heavy atom. The van der Waals surface area contributed by atoms with Gasteiger partial charge in [0.2, 0.25) is 0 Å². The van der Waals surface area contributed by atoms with Crippen molar-refractivity contribution in [1.29, 1.82) is 0 Å². The van der Waals surface area contributed by atoms with Crippen LogP contribution < -0.4 is 10.6 Å². The van der Waals surface area contributed by atoms with Gasteiger partial charge in [-0.05, 0) is 11.6 Å². The zero-order valence-corrected chi connectivity index (χ0v) is 8.53. The topological polar surface area (TPSA) is 46.3 Å². The van der Waals surface area contributed by atoms with E-state index >= 15 is 0 Å². The second-order valence-corrected chi connectivity index (χ2v) is 3.75. The molecular weight excluding hydrogens is 195 g/mol. The number of para-hydroxylation sites is 1. The lowest BCUT2D eigenvalue weighted by Gasteiger charge is -2.20. The fourth-order valence-corrected chi connectivity index (χ4v) is 2.09. The number of benzene rings is 1. The van der Waals surface area contributed by atoms with Gasteiger partial charge in [-0.1, -0.05) is 12.1 Å². The molecule has 0 radical (unpaired) electrons. The number of halogens is 1. The van der Waals surface area contributed by atoms with E-state index in [0.29, 0.717) is 12.1 Å². The minimum Gasteiger partial charge on any atom is -0.362 e. The quantitative estimate of drug-likeness (QED) is 0.778. The number of fused-ring (bicyclic) bond motifs is 1. The Balaban J connectivity index is 2.37.